The molecule has 2 N–H and O–H groups in total. The summed E-state index contributed by atoms with van der Waals surface area (Å²) in [7, 11) is 0. The minimum Gasteiger partial charge on any atom is -0.508 e. The van der Waals surface area contributed by atoms with Crippen LogP contribution in [0, 0.1) is 0 Å². The standard InChI is InChI=1S/C14H9BrN2O3S/c15-12-6-5-10(20-12)7-11-13(19)17-14(21-11)16-8-1-3-9(18)4-2-8/h1-7,18H,(H,16,17,19)/b11-7+. The summed E-state index contributed by atoms with van der Waals surface area (Å²) >= 11 is 4.45. The van der Waals surface area contributed by atoms with Crippen molar-refractivity contribution in [2.75, 3.05) is 0 Å². The van der Waals surface area contributed by atoms with E-state index >= 15 is 0 Å². The summed E-state index contributed by atoms with van der Waals surface area (Å²) in [4.78, 5) is 16.7. The van der Waals surface area contributed by atoms with Crippen molar-refractivity contribution in [3.05, 3.63) is 51.7 Å². The number of hydrogen-bond donors (Lipinski definition) is 2. The average Bonchev–Trinajstić information content (AvgIpc) is 3.00. The van der Waals surface area contributed by atoms with E-state index in [9.17, 15) is 9.90 Å². The topological polar surface area (TPSA) is 74.8 Å². The molecule has 1 saturated heterocycles. The van der Waals surface area contributed by atoms with Crippen LogP contribution in [0.15, 0.2) is 55.4 Å². The second-order valence-corrected chi connectivity index (χ2v) is 5.95. The highest BCUT2D eigenvalue weighted by Gasteiger charge is 2.24. The number of rotatable bonds is 2. The fraction of sp³-hybridized carbons (Fsp3) is 0. The molecular formula is C14H9BrN2O3S. The zero-order valence-corrected chi connectivity index (χ0v) is 12.9. The summed E-state index contributed by atoms with van der Waals surface area (Å²) < 4.78 is 5.95. The number of carbonyl (C=O) groups is 1. The van der Waals surface area contributed by atoms with Gasteiger partial charge in [-0.15, -0.1) is 0 Å². The number of amidine groups is 1. The summed E-state index contributed by atoms with van der Waals surface area (Å²) in [5, 5.41) is 12.4. The Kier molecular flexibility index (Phi) is 3.85. The van der Waals surface area contributed by atoms with Crippen molar-refractivity contribution in [2.24, 2.45) is 4.99 Å². The summed E-state index contributed by atoms with van der Waals surface area (Å²) in [6.07, 6.45) is 1.66. The second-order valence-electron chi connectivity index (χ2n) is 4.14. The van der Waals surface area contributed by atoms with Gasteiger partial charge in [-0.25, -0.2) is 4.99 Å². The molecule has 1 aromatic heterocycles. The highest BCUT2D eigenvalue weighted by atomic mass is 79.9. The molecule has 0 radical (unpaired) electrons. The molecule has 1 aromatic carbocycles. The van der Waals surface area contributed by atoms with Gasteiger partial charge in [0.05, 0.1) is 10.6 Å². The Morgan fingerprint density at radius 2 is 2.00 bits per heavy atom. The molecule has 0 saturated carbocycles. The number of nitrogens with one attached hydrogen (secondary N) is 1. The smallest absolute Gasteiger partial charge is 0.264 e. The molecule has 2 heterocycles. The number of aliphatic imine (C=N–C) groups is 1. The summed E-state index contributed by atoms with van der Waals surface area (Å²) in [5.74, 6) is 0.543. The van der Waals surface area contributed by atoms with Gasteiger partial charge in [-0.2, -0.15) is 0 Å². The van der Waals surface area contributed by atoms with Crippen LogP contribution in [0.25, 0.3) is 6.08 Å². The molecule has 1 amide bonds. The molecule has 21 heavy (non-hydrogen) atoms. The summed E-state index contributed by atoms with van der Waals surface area (Å²) in [5.41, 5.74) is 0.651. The Bertz CT molecular complexity index is 750. The van der Waals surface area contributed by atoms with Crippen molar-refractivity contribution in [3.63, 3.8) is 0 Å². The molecule has 1 aliphatic rings. The van der Waals surface area contributed by atoms with Gasteiger partial charge in [-0.1, -0.05) is 0 Å². The number of carbonyl (C=O) groups excluding carboxylic acids is 1. The molecule has 0 aliphatic carbocycles. The van der Waals surface area contributed by atoms with E-state index < -0.39 is 0 Å². The van der Waals surface area contributed by atoms with Crippen LogP contribution in [0.1, 0.15) is 5.76 Å². The highest BCUT2D eigenvalue weighted by Crippen LogP contribution is 2.29. The van der Waals surface area contributed by atoms with E-state index in [0.717, 1.165) is 0 Å². The summed E-state index contributed by atoms with van der Waals surface area (Å²) in [6.45, 7) is 0. The van der Waals surface area contributed by atoms with E-state index in [1.165, 1.54) is 23.9 Å². The molecule has 106 valence electrons. The first-order valence-corrected chi connectivity index (χ1v) is 7.55. The van der Waals surface area contributed by atoms with Gasteiger partial charge in [-0.05, 0) is 64.1 Å². The first-order chi connectivity index (χ1) is 10.1. The third-order valence-corrected chi connectivity index (χ3v) is 3.93. The van der Waals surface area contributed by atoms with E-state index in [1.807, 2.05) is 0 Å². The molecule has 0 bridgehead atoms. The van der Waals surface area contributed by atoms with Gasteiger partial charge >= 0.3 is 0 Å². The fourth-order valence-electron chi connectivity index (χ4n) is 1.66. The SMILES string of the molecule is O=C1NC(=Nc2ccc(O)cc2)S/C1=C/c1ccc(Br)o1. The quantitative estimate of drug-likeness (QED) is 0.797. The number of hydrogen-bond acceptors (Lipinski definition) is 5. The lowest BCUT2D eigenvalue weighted by molar-refractivity contribution is -0.115. The van der Waals surface area contributed by atoms with Gasteiger partial charge in [0.1, 0.15) is 11.5 Å². The van der Waals surface area contributed by atoms with Crippen LogP contribution >= 0.6 is 27.7 Å². The molecular weight excluding hydrogens is 356 g/mol. The van der Waals surface area contributed by atoms with Crippen molar-refractivity contribution >= 4 is 50.5 Å². The van der Waals surface area contributed by atoms with Crippen molar-refractivity contribution in [3.8, 4) is 5.75 Å². The minimum atomic E-state index is -0.218. The molecule has 5 nitrogen and oxygen atoms in total. The van der Waals surface area contributed by atoms with Crippen LogP contribution in [-0.2, 0) is 4.79 Å². The second kappa shape index (κ2) is 5.79. The zero-order valence-electron chi connectivity index (χ0n) is 10.5. The van der Waals surface area contributed by atoms with Crippen LogP contribution in [0.2, 0.25) is 0 Å². The van der Waals surface area contributed by atoms with Gasteiger partial charge in [-0.3, -0.25) is 4.79 Å². The van der Waals surface area contributed by atoms with E-state index in [1.54, 1.807) is 30.3 Å². The van der Waals surface area contributed by atoms with Gasteiger partial charge in [0.25, 0.3) is 5.91 Å². The Morgan fingerprint density at radius 1 is 1.24 bits per heavy atom. The Balaban J connectivity index is 1.81. The van der Waals surface area contributed by atoms with Gasteiger partial charge < -0.3 is 14.8 Å². The van der Waals surface area contributed by atoms with E-state index in [4.69, 9.17) is 4.42 Å². The Labute approximate surface area is 132 Å². The van der Waals surface area contributed by atoms with Crippen molar-refractivity contribution < 1.29 is 14.3 Å². The van der Waals surface area contributed by atoms with E-state index in [-0.39, 0.29) is 11.7 Å². The van der Waals surface area contributed by atoms with Gasteiger partial charge in [0.2, 0.25) is 0 Å². The predicted molar refractivity (Wildman–Crippen MR) is 85.3 cm³/mol. The number of phenols is 1. The van der Waals surface area contributed by atoms with Crippen LogP contribution in [0.4, 0.5) is 5.69 Å². The van der Waals surface area contributed by atoms with E-state index in [2.05, 4.69) is 26.2 Å². The lowest BCUT2D eigenvalue weighted by Gasteiger charge is -1.96. The number of nitrogens with zero attached hydrogens (tertiary/aromatic N) is 1. The number of benzene rings is 1. The van der Waals surface area contributed by atoms with Gasteiger partial charge in [0, 0.05) is 6.08 Å². The van der Waals surface area contributed by atoms with Crippen LogP contribution < -0.4 is 5.32 Å². The molecule has 2 aromatic rings. The fourth-order valence-corrected chi connectivity index (χ4v) is 2.80. The number of thioether (sulfide) groups is 1. The van der Waals surface area contributed by atoms with Gasteiger partial charge in [0.15, 0.2) is 9.84 Å². The highest BCUT2D eigenvalue weighted by molar-refractivity contribution is 9.10. The van der Waals surface area contributed by atoms with Crippen LogP contribution in [0.5, 0.6) is 5.75 Å². The maximum atomic E-state index is 11.9. The third kappa shape index (κ3) is 3.37. The predicted octanol–water partition coefficient (Wildman–Crippen LogP) is 3.64. The van der Waals surface area contributed by atoms with Crippen molar-refractivity contribution in [1.82, 2.24) is 5.32 Å². The minimum absolute atomic E-state index is 0.172. The van der Waals surface area contributed by atoms with Crippen molar-refractivity contribution in [2.45, 2.75) is 0 Å². The molecule has 0 unspecified atom stereocenters. The molecule has 7 heteroatoms. The number of furan rings is 1. The lowest BCUT2D eigenvalue weighted by Crippen LogP contribution is -2.19. The molecule has 0 spiro atoms. The maximum Gasteiger partial charge on any atom is 0.264 e. The maximum absolute atomic E-state index is 11.9. The van der Waals surface area contributed by atoms with Crippen LogP contribution in [0.3, 0.4) is 0 Å². The number of amides is 1. The molecule has 0 atom stereocenters. The normalized spacial score (nSPS) is 18.4. The molecule has 1 fully saturated rings. The number of aromatic hydroxyl groups is 1. The molecule has 1 aliphatic heterocycles. The first-order valence-electron chi connectivity index (χ1n) is 5.94. The largest absolute Gasteiger partial charge is 0.508 e. The number of halogens is 1. The lowest BCUT2D eigenvalue weighted by atomic mass is 10.3. The zero-order chi connectivity index (χ0) is 14.8. The third-order valence-electron chi connectivity index (χ3n) is 2.60. The van der Waals surface area contributed by atoms with Crippen molar-refractivity contribution in [1.29, 1.82) is 0 Å². The summed E-state index contributed by atoms with van der Waals surface area (Å²) in [6, 6.07) is 9.94. The number of phenolic OH excluding ortho intramolecular Hbond substituents is 1. The monoisotopic (exact) mass is 364 g/mol. The average molecular weight is 365 g/mol. The molecule has 3 rings (SSSR count). The first kappa shape index (κ1) is 14.0. The van der Waals surface area contributed by atoms with Crippen LogP contribution in [-0.4, -0.2) is 16.2 Å². The Hall–Kier alpha value is -1.99. The van der Waals surface area contributed by atoms with E-state index in [0.29, 0.717) is 26.2 Å². The Morgan fingerprint density at radius 3 is 2.67 bits per heavy atom.